The SMILES string of the molecule is COc1ccc(C(=O)NNC(=O)c2cn3cc(C(F)(F)F)cc(Cl)c3n2)cc1. The Bertz CT molecular complexity index is 1050. The summed E-state index contributed by atoms with van der Waals surface area (Å²) in [5.41, 5.74) is 3.35. The van der Waals surface area contributed by atoms with Crippen LogP contribution in [0.3, 0.4) is 0 Å². The Labute approximate surface area is 161 Å². The highest BCUT2D eigenvalue weighted by molar-refractivity contribution is 6.33. The molecule has 0 atom stereocenters. The fraction of sp³-hybridized carbons (Fsp3) is 0.118. The number of nitrogens with zero attached hydrogens (tertiary/aromatic N) is 2. The lowest BCUT2D eigenvalue weighted by atomic mass is 10.2. The van der Waals surface area contributed by atoms with Crippen molar-refractivity contribution in [3.8, 4) is 5.75 Å². The second-order valence-corrected chi connectivity index (χ2v) is 5.98. The fourth-order valence-corrected chi connectivity index (χ4v) is 2.57. The van der Waals surface area contributed by atoms with E-state index in [0.29, 0.717) is 5.75 Å². The summed E-state index contributed by atoms with van der Waals surface area (Å²) in [5.74, 6) is -0.868. The minimum Gasteiger partial charge on any atom is -0.497 e. The summed E-state index contributed by atoms with van der Waals surface area (Å²) in [4.78, 5) is 28.1. The number of aromatic nitrogens is 2. The zero-order valence-corrected chi connectivity index (χ0v) is 14.9. The number of carbonyl (C=O) groups excluding carboxylic acids is 2. The second-order valence-electron chi connectivity index (χ2n) is 5.57. The average molecular weight is 413 g/mol. The summed E-state index contributed by atoms with van der Waals surface area (Å²) in [6.45, 7) is 0. The number of pyridine rings is 1. The molecular formula is C17H12ClF3N4O3. The van der Waals surface area contributed by atoms with Crippen LogP contribution in [0.25, 0.3) is 5.65 Å². The van der Waals surface area contributed by atoms with E-state index in [9.17, 15) is 22.8 Å². The third kappa shape index (κ3) is 4.01. The maximum Gasteiger partial charge on any atom is 0.417 e. The van der Waals surface area contributed by atoms with Crippen LogP contribution >= 0.6 is 11.6 Å². The molecule has 2 N–H and O–H groups in total. The summed E-state index contributed by atoms with van der Waals surface area (Å²) >= 11 is 5.82. The quantitative estimate of drug-likeness (QED) is 0.647. The van der Waals surface area contributed by atoms with Crippen LogP contribution in [0.2, 0.25) is 5.02 Å². The molecule has 146 valence electrons. The van der Waals surface area contributed by atoms with Gasteiger partial charge in [0.25, 0.3) is 11.8 Å². The number of imidazole rings is 1. The molecule has 0 aliphatic carbocycles. The van der Waals surface area contributed by atoms with Crippen LogP contribution in [-0.4, -0.2) is 28.3 Å². The number of ether oxygens (including phenoxy) is 1. The standard InChI is InChI=1S/C17H12ClF3N4O3/c1-28-11-4-2-9(3-5-11)15(26)23-24-16(27)13-8-25-7-10(17(19,20)21)6-12(18)14(25)22-13/h2-8H,1H3,(H,23,26)(H,24,27). The largest absolute Gasteiger partial charge is 0.497 e. The number of carbonyl (C=O) groups is 2. The molecule has 28 heavy (non-hydrogen) atoms. The van der Waals surface area contributed by atoms with Crippen LogP contribution in [0.4, 0.5) is 13.2 Å². The highest BCUT2D eigenvalue weighted by Crippen LogP contribution is 2.32. The highest BCUT2D eigenvalue weighted by Gasteiger charge is 2.32. The van der Waals surface area contributed by atoms with Crippen molar-refractivity contribution in [1.29, 1.82) is 0 Å². The van der Waals surface area contributed by atoms with Gasteiger partial charge in [-0.2, -0.15) is 13.2 Å². The second kappa shape index (κ2) is 7.39. The lowest BCUT2D eigenvalue weighted by molar-refractivity contribution is -0.137. The van der Waals surface area contributed by atoms with Crippen LogP contribution in [-0.2, 0) is 6.18 Å². The molecular weight excluding hydrogens is 401 g/mol. The summed E-state index contributed by atoms with van der Waals surface area (Å²) in [6.07, 6.45) is -2.76. The molecule has 3 rings (SSSR count). The van der Waals surface area contributed by atoms with E-state index in [2.05, 4.69) is 15.8 Å². The lowest BCUT2D eigenvalue weighted by Gasteiger charge is -2.07. The van der Waals surface area contributed by atoms with Crippen LogP contribution < -0.4 is 15.6 Å². The third-order valence-corrected chi connectivity index (χ3v) is 3.99. The number of hydrazine groups is 1. The zero-order valence-electron chi connectivity index (χ0n) is 14.2. The molecule has 0 bridgehead atoms. The summed E-state index contributed by atoms with van der Waals surface area (Å²) in [7, 11) is 1.48. The average Bonchev–Trinajstić information content (AvgIpc) is 3.10. The first kappa shape index (κ1) is 19.5. The Balaban J connectivity index is 1.74. The van der Waals surface area contributed by atoms with Crippen molar-refractivity contribution >= 4 is 29.1 Å². The maximum atomic E-state index is 12.9. The topological polar surface area (TPSA) is 84.7 Å². The van der Waals surface area contributed by atoms with Crippen molar-refractivity contribution in [1.82, 2.24) is 20.2 Å². The van der Waals surface area contributed by atoms with Crippen molar-refractivity contribution in [3.63, 3.8) is 0 Å². The van der Waals surface area contributed by atoms with Gasteiger partial charge in [-0.05, 0) is 30.3 Å². The van der Waals surface area contributed by atoms with Gasteiger partial charge >= 0.3 is 6.18 Å². The normalized spacial score (nSPS) is 11.3. The number of nitrogens with one attached hydrogen (secondary N) is 2. The molecule has 2 aromatic heterocycles. The number of halogens is 4. The number of hydrogen-bond donors (Lipinski definition) is 2. The van der Waals surface area contributed by atoms with E-state index in [1.807, 2.05) is 0 Å². The van der Waals surface area contributed by atoms with E-state index in [1.54, 1.807) is 12.1 Å². The molecule has 7 nitrogen and oxygen atoms in total. The fourth-order valence-electron chi connectivity index (χ4n) is 2.31. The molecule has 0 unspecified atom stereocenters. The molecule has 0 spiro atoms. The van der Waals surface area contributed by atoms with Crippen molar-refractivity contribution in [2.24, 2.45) is 0 Å². The Morgan fingerprint density at radius 2 is 1.75 bits per heavy atom. The van der Waals surface area contributed by atoms with E-state index in [0.717, 1.165) is 22.9 Å². The minimum absolute atomic E-state index is 0.0266. The van der Waals surface area contributed by atoms with Crippen molar-refractivity contribution in [2.75, 3.05) is 7.11 Å². The molecule has 0 aliphatic rings. The first-order valence-electron chi connectivity index (χ1n) is 7.69. The Hall–Kier alpha value is -3.27. The summed E-state index contributed by atoms with van der Waals surface area (Å²) in [5, 5.41) is -0.267. The number of benzene rings is 1. The monoisotopic (exact) mass is 412 g/mol. The molecule has 0 aliphatic heterocycles. The Kier molecular flexibility index (Phi) is 5.14. The van der Waals surface area contributed by atoms with Gasteiger partial charge in [-0.25, -0.2) is 4.98 Å². The van der Waals surface area contributed by atoms with Crippen molar-refractivity contribution in [3.05, 3.63) is 64.6 Å². The molecule has 11 heteroatoms. The third-order valence-electron chi connectivity index (χ3n) is 3.71. The Morgan fingerprint density at radius 3 is 2.36 bits per heavy atom. The summed E-state index contributed by atoms with van der Waals surface area (Å²) < 4.78 is 44.5. The van der Waals surface area contributed by atoms with Gasteiger partial charge in [-0.3, -0.25) is 20.4 Å². The predicted octanol–water partition coefficient (Wildman–Crippen LogP) is 3.09. The van der Waals surface area contributed by atoms with Crippen LogP contribution in [0.15, 0.2) is 42.7 Å². The molecule has 0 radical (unpaired) electrons. The number of methoxy groups -OCH3 is 1. The predicted molar refractivity (Wildman–Crippen MR) is 93.1 cm³/mol. The molecule has 2 heterocycles. The maximum absolute atomic E-state index is 12.9. The van der Waals surface area contributed by atoms with Crippen molar-refractivity contribution < 1.29 is 27.5 Å². The lowest BCUT2D eigenvalue weighted by Crippen LogP contribution is -2.41. The molecule has 0 saturated carbocycles. The number of fused-ring (bicyclic) bond motifs is 1. The molecule has 0 saturated heterocycles. The van der Waals surface area contributed by atoms with Gasteiger partial charge in [0.15, 0.2) is 5.65 Å². The van der Waals surface area contributed by atoms with Crippen LogP contribution in [0, 0.1) is 0 Å². The van der Waals surface area contributed by atoms with E-state index >= 15 is 0 Å². The highest BCUT2D eigenvalue weighted by atomic mass is 35.5. The Morgan fingerprint density at radius 1 is 1.11 bits per heavy atom. The van der Waals surface area contributed by atoms with E-state index in [1.165, 1.54) is 19.2 Å². The van der Waals surface area contributed by atoms with E-state index < -0.39 is 23.6 Å². The van der Waals surface area contributed by atoms with Gasteiger partial charge in [0.05, 0.1) is 17.7 Å². The van der Waals surface area contributed by atoms with Crippen LogP contribution in [0.5, 0.6) is 5.75 Å². The number of hydrogen-bond acceptors (Lipinski definition) is 4. The molecule has 1 aromatic carbocycles. The van der Waals surface area contributed by atoms with E-state index in [-0.39, 0.29) is 21.9 Å². The number of rotatable bonds is 3. The van der Waals surface area contributed by atoms with Crippen molar-refractivity contribution in [2.45, 2.75) is 6.18 Å². The molecule has 0 fully saturated rings. The molecule has 3 aromatic rings. The summed E-state index contributed by atoms with van der Waals surface area (Å²) in [6, 6.07) is 6.84. The van der Waals surface area contributed by atoms with E-state index in [4.69, 9.17) is 16.3 Å². The zero-order chi connectivity index (χ0) is 20.5. The van der Waals surface area contributed by atoms with Crippen LogP contribution in [0.1, 0.15) is 26.4 Å². The van der Waals surface area contributed by atoms with Gasteiger partial charge in [0.2, 0.25) is 0 Å². The van der Waals surface area contributed by atoms with Gasteiger partial charge < -0.3 is 9.14 Å². The first-order valence-corrected chi connectivity index (χ1v) is 8.07. The number of amides is 2. The van der Waals surface area contributed by atoms with Gasteiger partial charge in [0.1, 0.15) is 11.4 Å². The van der Waals surface area contributed by atoms with Gasteiger partial charge in [-0.1, -0.05) is 11.6 Å². The first-order chi connectivity index (χ1) is 13.2. The van der Waals surface area contributed by atoms with Gasteiger partial charge in [-0.15, -0.1) is 0 Å². The number of alkyl halides is 3. The van der Waals surface area contributed by atoms with Gasteiger partial charge in [0, 0.05) is 18.0 Å². The smallest absolute Gasteiger partial charge is 0.417 e. The molecule has 2 amide bonds. The minimum atomic E-state index is -4.60.